The van der Waals surface area contributed by atoms with Gasteiger partial charge in [-0.05, 0) is 48.9 Å². The van der Waals surface area contributed by atoms with Crippen molar-refractivity contribution >= 4 is 29.1 Å². The molecule has 0 spiro atoms. The van der Waals surface area contributed by atoms with Gasteiger partial charge in [-0.1, -0.05) is 17.7 Å². The molecule has 0 radical (unpaired) electrons. The molecule has 27 heavy (non-hydrogen) atoms. The Morgan fingerprint density at radius 1 is 1.26 bits per heavy atom. The zero-order valence-corrected chi connectivity index (χ0v) is 15.9. The fourth-order valence-electron chi connectivity index (χ4n) is 3.13. The van der Waals surface area contributed by atoms with E-state index in [4.69, 9.17) is 16.3 Å². The minimum Gasteiger partial charge on any atom is -0.497 e. The summed E-state index contributed by atoms with van der Waals surface area (Å²) in [5, 5.41) is 0.208. The number of benzene rings is 2. The smallest absolute Gasteiger partial charge is 0.246 e. The van der Waals surface area contributed by atoms with Crippen LogP contribution in [0.5, 0.6) is 5.75 Å². The van der Waals surface area contributed by atoms with Crippen molar-refractivity contribution in [2.75, 3.05) is 25.1 Å². The lowest BCUT2D eigenvalue weighted by molar-refractivity contribution is -0.138. The van der Waals surface area contributed by atoms with Crippen LogP contribution in [0.4, 0.5) is 10.1 Å². The molecule has 0 aromatic heterocycles. The van der Waals surface area contributed by atoms with Gasteiger partial charge in [-0.3, -0.25) is 9.59 Å². The number of hydrogen-bond donors (Lipinski definition) is 0. The van der Waals surface area contributed by atoms with Crippen molar-refractivity contribution in [3.05, 3.63) is 58.9 Å². The maximum Gasteiger partial charge on any atom is 0.246 e. The fourth-order valence-corrected chi connectivity index (χ4v) is 3.36. The van der Waals surface area contributed by atoms with Gasteiger partial charge in [-0.2, -0.15) is 0 Å². The third kappa shape index (κ3) is 4.22. The molecule has 2 aromatic rings. The summed E-state index contributed by atoms with van der Waals surface area (Å²) in [4.78, 5) is 28.5. The third-order valence-electron chi connectivity index (χ3n) is 4.65. The topological polar surface area (TPSA) is 49.9 Å². The van der Waals surface area contributed by atoms with Gasteiger partial charge < -0.3 is 14.5 Å². The van der Waals surface area contributed by atoms with Gasteiger partial charge in [-0.25, -0.2) is 4.39 Å². The Bertz CT molecular complexity index is 857. The lowest BCUT2D eigenvalue weighted by Gasteiger charge is -2.39. The molecule has 1 aliphatic heterocycles. The van der Waals surface area contributed by atoms with Crippen molar-refractivity contribution in [2.24, 2.45) is 0 Å². The van der Waals surface area contributed by atoms with Crippen LogP contribution >= 0.6 is 11.6 Å². The molecule has 5 nitrogen and oxygen atoms in total. The van der Waals surface area contributed by atoms with Gasteiger partial charge >= 0.3 is 0 Å². The maximum atomic E-state index is 13.2. The summed E-state index contributed by atoms with van der Waals surface area (Å²) in [7, 11) is 1.58. The van der Waals surface area contributed by atoms with E-state index in [0.717, 1.165) is 5.69 Å². The summed E-state index contributed by atoms with van der Waals surface area (Å²) in [5.74, 6) is -0.104. The highest BCUT2D eigenvalue weighted by molar-refractivity contribution is 6.31. The number of methoxy groups -OCH3 is 1. The van der Waals surface area contributed by atoms with Gasteiger partial charge in [-0.15, -0.1) is 0 Å². The summed E-state index contributed by atoms with van der Waals surface area (Å²) < 4.78 is 18.3. The second kappa shape index (κ2) is 7.96. The zero-order chi connectivity index (χ0) is 19.6. The normalized spacial score (nSPS) is 17.2. The number of rotatable bonds is 4. The fraction of sp³-hybridized carbons (Fsp3) is 0.300. The van der Waals surface area contributed by atoms with Gasteiger partial charge in [0.05, 0.1) is 13.5 Å². The second-order valence-corrected chi connectivity index (χ2v) is 6.89. The first-order valence-electron chi connectivity index (χ1n) is 8.57. The number of ether oxygens (including phenoxy) is 1. The number of piperazine rings is 1. The minimum atomic E-state index is -0.451. The molecule has 1 atom stereocenters. The van der Waals surface area contributed by atoms with Crippen LogP contribution in [0.25, 0.3) is 0 Å². The number of amides is 2. The van der Waals surface area contributed by atoms with E-state index >= 15 is 0 Å². The molecule has 7 heteroatoms. The molecular weight excluding hydrogens is 371 g/mol. The Balaban J connectivity index is 1.70. The SMILES string of the molecule is COc1ccc(N2C[C@@H](C)N(C(=O)Cc3ccc(F)cc3Cl)CC2=O)cc1. The van der Waals surface area contributed by atoms with E-state index in [1.165, 1.54) is 18.2 Å². The molecule has 0 aliphatic carbocycles. The molecule has 2 amide bonds. The van der Waals surface area contributed by atoms with Crippen LogP contribution in [0.3, 0.4) is 0 Å². The second-order valence-electron chi connectivity index (χ2n) is 6.49. The molecule has 1 heterocycles. The van der Waals surface area contributed by atoms with Crippen molar-refractivity contribution in [3.8, 4) is 5.75 Å². The van der Waals surface area contributed by atoms with Crippen LogP contribution in [0.1, 0.15) is 12.5 Å². The Hall–Kier alpha value is -2.60. The summed E-state index contributed by atoms with van der Waals surface area (Å²) in [6.45, 7) is 2.28. The largest absolute Gasteiger partial charge is 0.497 e. The van der Waals surface area contributed by atoms with Gasteiger partial charge in [0.25, 0.3) is 0 Å². The monoisotopic (exact) mass is 390 g/mol. The molecule has 0 saturated carbocycles. The highest BCUT2D eigenvalue weighted by atomic mass is 35.5. The van der Waals surface area contributed by atoms with Crippen LogP contribution in [0.15, 0.2) is 42.5 Å². The Kier molecular flexibility index (Phi) is 5.65. The molecule has 0 N–H and O–H groups in total. The lowest BCUT2D eigenvalue weighted by Crippen LogP contribution is -2.57. The van der Waals surface area contributed by atoms with Crippen LogP contribution in [0.2, 0.25) is 5.02 Å². The highest BCUT2D eigenvalue weighted by Gasteiger charge is 2.33. The number of carbonyl (C=O) groups is 2. The van der Waals surface area contributed by atoms with Crippen molar-refractivity contribution in [1.82, 2.24) is 4.90 Å². The Labute approximate surface area is 162 Å². The summed E-state index contributed by atoms with van der Waals surface area (Å²) in [6.07, 6.45) is 0.0271. The number of hydrogen-bond acceptors (Lipinski definition) is 3. The van der Waals surface area contributed by atoms with E-state index in [9.17, 15) is 14.0 Å². The first-order chi connectivity index (χ1) is 12.9. The molecule has 1 saturated heterocycles. The van der Waals surface area contributed by atoms with Gasteiger partial charge in [0.15, 0.2) is 0 Å². The first-order valence-corrected chi connectivity index (χ1v) is 8.94. The predicted molar refractivity (Wildman–Crippen MR) is 102 cm³/mol. The van der Waals surface area contributed by atoms with Crippen molar-refractivity contribution in [2.45, 2.75) is 19.4 Å². The van der Waals surface area contributed by atoms with Gasteiger partial charge in [0.2, 0.25) is 11.8 Å². The molecular formula is C20H20ClFN2O3. The average molecular weight is 391 g/mol. The number of anilines is 1. The Morgan fingerprint density at radius 2 is 1.96 bits per heavy atom. The van der Waals surface area contributed by atoms with E-state index in [-0.39, 0.29) is 35.8 Å². The molecule has 0 unspecified atom stereocenters. The summed E-state index contributed by atoms with van der Waals surface area (Å²) in [6, 6.07) is 11.0. The molecule has 0 bridgehead atoms. The number of halogens is 2. The molecule has 1 fully saturated rings. The van der Waals surface area contributed by atoms with Crippen LogP contribution < -0.4 is 9.64 Å². The third-order valence-corrected chi connectivity index (χ3v) is 5.00. The average Bonchev–Trinajstić information content (AvgIpc) is 2.65. The predicted octanol–water partition coefficient (Wildman–Crippen LogP) is 3.29. The highest BCUT2D eigenvalue weighted by Crippen LogP contribution is 2.24. The van der Waals surface area contributed by atoms with Crippen molar-refractivity contribution in [1.29, 1.82) is 0 Å². The van der Waals surface area contributed by atoms with E-state index in [1.807, 2.05) is 19.1 Å². The summed E-state index contributed by atoms with van der Waals surface area (Å²) in [5.41, 5.74) is 1.31. The van der Waals surface area contributed by atoms with E-state index < -0.39 is 5.82 Å². The van der Waals surface area contributed by atoms with E-state index in [2.05, 4.69) is 0 Å². The van der Waals surface area contributed by atoms with Crippen LogP contribution in [-0.4, -0.2) is 43.0 Å². The molecule has 2 aromatic carbocycles. The Morgan fingerprint density at radius 3 is 2.59 bits per heavy atom. The molecule has 1 aliphatic rings. The van der Waals surface area contributed by atoms with Gasteiger partial charge in [0, 0.05) is 23.3 Å². The lowest BCUT2D eigenvalue weighted by atomic mass is 10.1. The van der Waals surface area contributed by atoms with E-state index in [0.29, 0.717) is 17.9 Å². The number of carbonyl (C=O) groups excluding carboxylic acids is 2. The van der Waals surface area contributed by atoms with E-state index in [1.54, 1.807) is 29.0 Å². The quantitative estimate of drug-likeness (QED) is 0.804. The standard InChI is InChI=1S/C20H20ClFN2O3/c1-13-11-24(16-5-7-17(27-2)8-6-16)20(26)12-23(13)19(25)9-14-3-4-15(22)10-18(14)21/h3-8,10,13H,9,11-12H2,1-2H3/t13-/m1/s1. The minimum absolute atomic E-state index is 0.00908. The molecule has 3 rings (SSSR count). The van der Waals surface area contributed by atoms with Crippen molar-refractivity contribution in [3.63, 3.8) is 0 Å². The zero-order valence-electron chi connectivity index (χ0n) is 15.1. The van der Waals surface area contributed by atoms with Crippen molar-refractivity contribution < 1.29 is 18.7 Å². The summed E-state index contributed by atoms with van der Waals surface area (Å²) >= 11 is 6.01. The van der Waals surface area contributed by atoms with Crippen LogP contribution in [-0.2, 0) is 16.0 Å². The number of nitrogens with zero attached hydrogens (tertiary/aromatic N) is 2. The molecule has 142 valence electrons. The first kappa shape index (κ1) is 19.2. The maximum absolute atomic E-state index is 13.2. The van der Waals surface area contributed by atoms with Gasteiger partial charge in [0.1, 0.15) is 18.1 Å². The van der Waals surface area contributed by atoms with Crippen LogP contribution in [0, 0.1) is 5.82 Å².